The Morgan fingerprint density at radius 2 is 2.21 bits per heavy atom. The number of aliphatic hydroxyl groups excluding tert-OH is 2. The Morgan fingerprint density at radius 3 is 2.90 bits per heavy atom. The second-order valence-corrected chi connectivity index (χ2v) is 8.33. The summed E-state index contributed by atoms with van der Waals surface area (Å²) in [5, 5.41) is 27.7. The van der Waals surface area contributed by atoms with Crippen LogP contribution in [0.25, 0.3) is 11.3 Å². The van der Waals surface area contributed by atoms with Gasteiger partial charge in [0.05, 0.1) is 30.0 Å². The van der Waals surface area contributed by atoms with Crippen molar-refractivity contribution < 1.29 is 15.0 Å². The van der Waals surface area contributed by atoms with E-state index in [2.05, 4.69) is 29.5 Å². The van der Waals surface area contributed by atoms with Crippen molar-refractivity contribution in [2.75, 3.05) is 20.2 Å². The largest absolute Gasteiger partial charge is 0.394 e. The van der Waals surface area contributed by atoms with E-state index in [0.29, 0.717) is 19.4 Å². The van der Waals surface area contributed by atoms with Crippen molar-refractivity contribution >= 4 is 5.91 Å². The minimum atomic E-state index is -0.775. The highest BCUT2D eigenvalue weighted by Gasteiger charge is 2.41. The van der Waals surface area contributed by atoms with Gasteiger partial charge in [-0.3, -0.25) is 14.4 Å². The van der Waals surface area contributed by atoms with Gasteiger partial charge in [0.1, 0.15) is 0 Å². The Hall–Kier alpha value is -2.22. The van der Waals surface area contributed by atoms with Crippen LogP contribution < -0.4 is 5.32 Å². The Balaban J connectivity index is 1.64. The molecule has 2 aliphatic rings. The van der Waals surface area contributed by atoms with E-state index in [4.69, 9.17) is 0 Å². The summed E-state index contributed by atoms with van der Waals surface area (Å²) in [5.41, 5.74) is 3.55. The molecule has 0 radical (unpaired) electrons. The molecule has 1 amide bonds. The number of rotatable bonds is 5. The molecule has 4 rings (SSSR count). The molecule has 3 N–H and O–H groups in total. The third-order valence-electron chi connectivity index (χ3n) is 6.44. The number of aliphatic hydroxyl groups is 2. The number of benzene rings is 1. The topological polar surface area (TPSA) is 90.6 Å². The summed E-state index contributed by atoms with van der Waals surface area (Å²) in [5.74, 6) is -0.126. The second kappa shape index (κ2) is 7.89. The third-order valence-corrected chi connectivity index (χ3v) is 6.44. The maximum atomic E-state index is 13.0. The fourth-order valence-electron chi connectivity index (χ4n) is 4.90. The molecule has 1 aromatic heterocycles. The summed E-state index contributed by atoms with van der Waals surface area (Å²) in [6, 6.07) is 7.91. The lowest BCUT2D eigenvalue weighted by Gasteiger charge is -2.40. The van der Waals surface area contributed by atoms with Gasteiger partial charge in [-0.15, -0.1) is 0 Å². The monoisotopic (exact) mass is 398 g/mol. The van der Waals surface area contributed by atoms with Crippen molar-refractivity contribution in [3.63, 3.8) is 0 Å². The number of likely N-dealkylation sites (N-methyl/N-ethyl adjacent to an activating group) is 1. The van der Waals surface area contributed by atoms with Crippen molar-refractivity contribution in [3.8, 4) is 11.3 Å². The van der Waals surface area contributed by atoms with Crippen molar-refractivity contribution in [2.24, 2.45) is 0 Å². The highest BCUT2D eigenvalue weighted by Crippen LogP contribution is 2.37. The van der Waals surface area contributed by atoms with Crippen molar-refractivity contribution in [1.82, 2.24) is 20.0 Å². The fourth-order valence-corrected chi connectivity index (χ4v) is 4.90. The first kappa shape index (κ1) is 20.1. The first-order chi connectivity index (χ1) is 14.0. The van der Waals surface area contributed by atoms with Gasteiger partial charge in [-0.25, -0.2) is 0 Å². The molecule has 156 valence electrons. The number of fused-ring (bicyclic) bond motifs is 1. The maximum absolute atomic E-state index is 13.0. The average Bonchev–Trinajstić information content (AvgIpc) is 3.33. The molecule has 1 aliphatic carbocycles. The Labute approximate surface area is 171 Å². The fraction of sp³-hybridized carbons (Fsp3) is 0.545. The number of likely N-dealkylation sites (tertiary alicyclic amines) is 1. The van der Waals surface area contributed by atoms with Crippen LogP contribution in [0.5, 0.6) is 0 Å². The van der Waals surface area contributed by atoms with Gasteiger partial charge in [-0.05, 0) is 62.9 Å². The zero-order chi connectivity index (χ0) is 20.6. The van der Waals surface area contributed by atoms with Gasteiger partial charge in [0.2, 0.25) is 5.91 Å². The third kappa shape index (κ3) is 3.58. The van der Waals surface area contributed by atoms with Gasteiger partial charge in [0, 0.05) is 24.8 Å². The molecule has 1 fully saturated rings. The van der Waals surface area contributed by atoms with Crippen LogP contribution in [0.1, 0.15) is 37.3 Å². The quantitative estimate of drug-likeness (QED) is 0.706. The molecule has 0 spiro atoms. The molecule has 2 heterocycles. The molecule has 3 unspecified atom stereocenters. The first-order valence-corrected chi connectivity index (χ1v) is 10.4. The van der Waals surface area contributed by atoms with Gasteiger partial charge < -0.3 is 15.5 Å². The molecule has 7 heteroatoms. The Bertz CT molecular complexity index is 896. The second-order valence-electron chi connectivity index (χ2n) is 8.33. The minimum Gasteiger partial charge on any atom is -0.394 e. The SMILES string of the molecule is CCn1nccc1-c1ccc2c(c1)CCCC2(CO)NC(=O)C1CC(O)CN1C. The summed E-state index contributed by atoms with van der Waals surface area (Å²) in [6.07, 6.45) is 4.27. The van der Waals surface area contributed by atoms with Crippen LogP contribution in [-0.4, -0.2) is 63.1 Å². The number of hydrogen-bond donors (Lipinski definition) is 3. The van der Waals surface area contributed by atoms with E-state index in [1.807, 2.05) is 35.0 Å². The number of β-amino-alcohol motifs (C(OH)–C–C–N with tert-alkyl or cyclic N) is 1. The van der Waals surface area contributed by atoms with Gasteiger partial charge in [-0.1, -0.05) is 12.1 Å². The summed E-state index contributed by atoms with van der Waals surface area (Å²) in [7, 11) is 1.85. The zero-order valence-electron chi connectivity index (χ0n) is 17.1. The van der Waals surface area contributed by atoms with Crippen LogP contribution in [0.4, 0.5) is 0 Å². The number of nitrogens with zero attached hydrogens (tertiary/aromatic N) is 3. The molecule has 7 nitrogen and oxygen atoms in total. The van der Waals surface area contributed by atoms with Crippen molar-refractivity contribution in [2.45, 2.75) is 56.8 Å². The lowest BCUT2D eigenvalue weighted by Crippen LogP contribution is -2.55. The predicted octanol–water partition coefficient (Wildman–Crippen LogP) is 1.28. The number of carbonyl (C=O) groups excluding carboxylic acids is 1. The molecule has 1 aromatic carbocycles. The number of nitrogens with one attached hydrogen (secondary N) is 1. The van der Waals surface area contributed by atoms with E-state index >= 15 is 0 Å². The normalized spacial score (nSPS) is 27.0. The van der Waals surface area contributed by atoms with Gasteiger partial charge >= 0.3 is 0 Å². The molecule has 2 aromatic rings. The van der Waals surface area contributed by atoms with Crippen molar-refractivity contribution in [1.29, 1.82) is 0 Å². The summed E-state index contributed by atoms with van der Waals surface area (Å²) < 4.78 is 1.97. The van der Waals surface area contributed by atoms with Crippen LogP contribution in [0.15, 0.2) is 30.5 Å². The number of hydrogen-bond acceptors (Lipinski definition) is 5. The highest BCUT2D eigenvalue weighted by molar-refractivity contribution is 5.83. The lowest BCUT2D eigenvalue weighted by atomic mass is 9.76. The van der Waals surface area contributed by atoms with Crippen LogP contribution in [-0.2, 0) is 23.3 Å². The predicted molar refractivity (Wildman–Crippen MR) is 110 cm³/mol. The molecule has 1 aliphatic heterocycles. The van der Waals surface area contributed by atoms with E-state index in [-0.39, 0.29) is 18.6 Å². The van der Waals surface area contributed by atoms with E-state index in [0.717, 1.165) is 41.8 Å². The minimum absolute atomic E-state index is 0.126. The van der Waals surface area contributed by atoms with E-state index in [1.54, 1.807) is 0 Å². The molecule has 3 atom stereocenters. The van der Waals surface area contributed by atoms with E-state index < -0.39 is 11.6 Å². The molecule has 1 saturated heterocycles. The summed E-state index contributed by atoms with van der Waals surface area (Å²) in [4.78, 5) is 14.9. The van der Waals surface area contributed by atoms with Gasteiger partial charge in [0.15, 0.2) is 0 Å². The van der Waals surface area contributed by atoms with Crippen LogP contribution in [0, 0.1) is 0 Å². The molecule has 0 bridgehead atoms. The number of amides is 1. The smallest absolute Gasteiger partial charge is 0.238 e. The van der Waals surface area contributed by atoms with Crippen LogP contribution >= 0.6 is 0 Å². The molecule has 29 heavy (non-hydrogen) atoms. The number of aromatic nitrogens is 2. The average molecular weight is 399 g/mol. The van der Waals surface area contributed by atoms with Crippen LogP contribution in [0.3, 0.4) is 0 Å². The standard InChI is InChI=1S/C22H30N4O3/c1-3-26-19(8-10-23-26)16-6-7-18-15(11-16)5-4-9-22(18,14-27)24-21(29)20-12-17(28)13-25(20)2/h6-8,10-11,17,20,27-28H,3-5,9,12-14H2,1-2H3,(H,24,29). The Kier molecular flexibility index (Phi) is 5.46. The van der Waals surface area contributed by atoms with Crippen LogP contribution in [0.2, 0.25) is 0 Å². The maximum Gasteiger partial charge on any atom is 0.238 e. The summed E-state index contributed by atoms with van der Waals surface area (Å²) in [6.45, 7) is 3.22. The van der Waals surface area contributed by atoms with Gasteiger partial charge in [-0.2, -0.15) is 5.10 Å². The molecular weight excluding hydrogens is 368 g/mol. The van der Waals surface area contributed by atoms with Gasteiger partial charge in [0.25, 0.3) is 0 Å². The summed E-state index contributed by atoms with van der Waals surface area (Å²) >= 11 is 0. The molecule has 0 saturated carbocycles. The van der Waals surface area contributed by atoms with E-state index in [1.165, 1.54) is 0 Å². The zero-order valence-corrected chi connectivity index (χ0v) is 17.1. The first-order valence-electron chi connectivity index (χ1n) is 10.4. The number of aryl methyl sites for hydroxylation is 2. The van der Waals surface area contributed by atoms with E-state index in [9.17, 15) is 15.0 Å². The Morgan fingerprint density at radius 1 is 1.38 bits per heavy atom. The number of carbonyl (C=O) groups is 1. The van der Waals surface area contributed by atoms with Crippen molar-refractivity contribution in [3.05, 3.63) is 41.6 Å². The molecular formula is C22H30N4O3. The highest BCUT2D eigenvalue weighted by atomic mass is 16.3. The lowest BCUT2D eigenvalue weighted by molar-refractivity contribution is -0.128.